The number of para-hydroxylation sites is 1. The van der Waals surface area contributed by atoms with Gasteiger partial charge in [0.05, 0.1) is 11.1 Å². The Hall–Kier alpha value is -4.65. The quantitative estimate of drug-likeness (QED) is 0.304. The Labute approximate surface area is 199 Å². The molecule has 0 fully saturated rings. The third-order valence-corrected chi connectivity index (χ3v) is 7.46. The maximum atomic E-state index is 12.8. The van der Waals surface area contributed by atoms with Crippen molar-refractivity contribution in [3.05, 3.63) is 94.3 Å². The molecule has 1 heterocycles. The zero-order valence-corrected chi connectivity index (χ0v) is 19.1. The lowest BCUT2D eigenvalue weighted by atomic mass is 10.2. The van der Waals surface area contributed by atoms with Gasteiger partial charge in [0.25, 0.3) is 10.0 Å². The normalized spacial score (nSPS) is 11.4. The number of fused-ring (bicyclic) bond motifs is 1. The molecule has 0 saturated carbocycles. The van der Waals surface area contributed by atoms with Gasteiger partial charge in [0, 0.05) is 5.39 Å². The largest absolute Gasteiger partial charge is 0.417 e. The van der Waals surface area contributed by atoms with E-state index in [2.05, 4.69) is 4.72 Å². The summed E-state index contributed by atoms with van der Waals surface area (Å²) in [5.74, 6) is -0.337. The van der Waals surface area contributed by atoms with Gasteiger partial charge in [0.1, 0.15) is 27.6 Å². The summed E-state index contributed by atoms with van der Waals surface area (Å²) >= 11 is 0. The molecule has 0 unspecified atom stereocenters. The Balaban J connectivity index is 1.75. The molecule has 1 aromatic heterocycles. The summed E-state index contributed by atoms with van der Waals surface area (Å²) in [6.07, 6.45) is 0. The van der Waals surface area contributed by atoms with Gasteiger partial charge in [0.2, 0.25) is 0 Å². The number of anilines is 1. The molecule has 0 bridgehead atoms. The summed E-state index contributed by atoms with van der Waals surface area (Å²) in [5, 5.41) is 18.5. The first-order valence-corrected chi connectivity index (χ1v) is 12.6. The fourth-order valence-electron chi connectivity index (χ4n) is 3.19. The smallest absolute Gasteiger partial charge is 0.360 e. The number of nitrogens with zero attached hydrogens (tertiary/aromatic N) is 2. The first-order chi connectivity index (χ1) is 16.7. The molecule has 0 saturated heterocycles. The van der Waals surface area contributed by atoms with E-state index in [9.17, 15) is 32.2 Å². The summed E-state index contributed by atoms with van der Waals surface area (Å²) in [6, 6.07) is 19.6. The highest BCUT2D eigenvalue weighted by atomic mass is 32.2. The predicted octanol–water partition coefficient (Wildman–Crippen LogP) is 3.10. The molecule has 35 heavy (non-hydrogen) atoms. The van der Waals surface area contributed by atoms with Crippen LogP contribution in [0.2, 0.25) is 0 Å². The van der Waals surface area contributed by atoms with Gasteiger partial charge in [0.15, 0.2) is 11.3 Å². The summed E-state index contributed by atoms with van der Waals surface area (Å²) in [5.41, 5.74) is -2.09. The average Bonchev–Trinajstić information content (AvgIpc) is 2.84. The molecule has 0 spiro atoms. The number of hydrogen-bond acceptors (Lipinski definition) is 9. The summed E-state index contributed by atoms with van der Waals surface area (Å²) < 4.78 is 63.5. The summed E-state index contributed by atoms with van der Waals surface area (Å²) in [4.78, 5) is 11.9. The van der Waals surface area contributed by atoms with Crippen LogP contribution in [0.15, 0.2) is 91.8 Å². The zero-order valence-electron chi connectivity index (χ0n) is 17.5. The lowest BCUT2D eigenvalue weighted by Crippen LogP contribution is -2.19. The van der Waals surface area contributed by atoms with Crippen LogP contribution in [-0.4, -0.2) is 16.8 Å². The van der Waals surface area contributed by atoms with E-state index in [1.807, 2.05) is 0 Å². The highest BCUT2D eigenvalue weighted by molar-refractivity contribution is 7.92. The molecule has 1 N–H and O–H groups in total. The number of nitriles is 2. The van der Waals surface area contributed by atoms with Crippen LogP contribution >= 0.6 is 0 Å². The van der Waals surface area contributed by atoms with Gasteiger partial charge in [-0.3, -0.25) is 4.72 Å². The Morgan fingerprint density at radius 2 is 1.40 bits per heavy atom. The van der Waals surface area contributed by atoms with Gasteiger partial charge in [-0.2, -0.15) is 18.9 Å². The molecule has 12 heteroatoms. The Morgan fingerprint density at radius 1 is 0.800 bits per heavy atom. The van der Waals surface area contributed by atoms with Crippen LogP contribution in [0.3, 0.4) is 0 Å². The van der Waals surface area contributed by atoms with E-state index in [1.54, 1.807) is 12.1 Å². The van der Waals surface area contributed by atoms with E-state index in [0.717, 1.165) is 6.07 Å². The van der Waals surface area contributed by atoms with Crippen LogP contribution in [0.1, 0.15) is 11.1 Å². The van der Waals surface area contributed by atoms with Crippen LogP contribution in [0, 0.1) is 22.7 Å². The van der Waals surface area contributed by atoms with Crippen molar-refractivity contribution in [3.63, 3.8) is 0 Å². The molecule has 0 atom stereocenters. The van der Waals surface area contributed by atoms with Crippen molar-refractivity contribution in [2.24, 2.45) is 0 Å². The number of rotatable bonds is 6. The lowest BCUT2D eigenvalue weighted by molar-refractivity contribution is 0.475. The van der Waals surface area contributed by atoms with Gasteiger partial charge in [-0.25, -0.2) is 13.2 Å². The van der Waals surface area contributed by atoms with Crippen LogP contribution in [0.4, 0.5) is 5.69 Å². The molecule has 0 aliphatic heterocycles. The van der Waals surface area contributed by atoms with Gasteiger partial charge in [-0.05, 0) is 36.4 Å². The van der Waals surface area contributed by atoms with Crippen LogP contribution in [-0.2, 0) is 20.1 Å². The molecular formula is C23H13N3O7S2. The van der Waals surface area contributed by atoms with Gasteiger partial charge in [-0.15, -0.1) is 0 Å². The van der Waals surface area contributed by atoms with Crippen molar-refractivity contribution < 1.29 is 25.4 Å². The van der Waals surface area contributed by atoms with Gasteiger partial charge >= 0.3 is 15.7 Å². The second-order valence-electron chi connectivity index (χ2n) is 6.98. The molecule has 3 aromatic carbocycles. The van der Waals surface area contributed by atoms with Crippen LogP contribution < -0.4 is 14.5 Å². The third kappa shape index (κ3) is 4.56. The van der Waals surface area contributed by atoms with Gasteiger partial charge < -0.3 is 8.60 Å². The van der Waals surface area contributed by atoms with E-state index in [1.165, 1.54) is 66.7 Å². The first kappa shape index (κ1) is 23.5. The lowest BCUT2D eigenvalue weighted by Gasteiger charge is -2.11. The van der Waals surface area contributed by atoms with Crippen molar-refractivity contribution in [1.82, 2.24) is 0 Å². The second kappa shape index (κ2) is 8.95. The second-order valence-corrected chi connectivity index (χ2v) is 10.1. The molecule has 4 aromatic rings. The maximum Gasteiger partial charge on any atom is 0.360 e. The number of benzene rings is 3. The van der Waals surface area contributed by atoms with Crippen molar-refractivity contribution >= 4 is 36.8 Å². The van der Waals surface area contributed by atoms with Crippen molar-refractivity contribution in [2.45, 2.75) is 9.79 Å². The van der Waals surface area contributed by atoms with E-state index < -0.39 is 31.5 Å². The molecule has 0 amide bonds. The monoisotopic (exact) mass is 507 g/mol. The fourth-order valence-corrected chi connectivity index (χ4v) is 5.48. The van der Waals surface area contributed by atoms with Crippen molar-refractivity contribution in [2.75, 3.05) is 4.72 Å². The SMILES string of the molecule is N#Cc1ccccc1S(=O)(=O)Nc1cc2cccc(OS(=O)(=O)c3ccccc3C#N)c2oc1=O. The van der Waals surface area contributed by atoms with Crippen LogP contribution in [0.5, 0.6) is 5.75 Å². The molecule has 10 nitrogen and oxygen atoms in total. The predicted molar refractivity (Wildman–Crippen MR) is 123 cm³/mol. The number of nitrogens with one attached hydrogen (secondary N) is 1. The molecular weight excluding hydrogens is 494 g/mol. The number of hydrogen-bond donors (Lipinski definition) is 1. The molecule has 174 valence electrons. The minimum absolute atomic E-state index is 0.122. The van der Waals surface area contributed by atoms with Crippen LogP contribution in [0.25, 0.3) is 11.0 Å². The maximum absolute atomic E-state index is 12.8. The zero-order chi connectivity index (χ0) is 25.2. The summed E-state index contributed by atoms with van der Waals surface area (Å²) in [6.45, 7) is 0. The van der Waals surface area contributed by atoms with E-state index >= 15 is 0 Å². The summed E-state index contributed by atoms with van der Waals surface area (Å²) in [7, 11) is -8.79. The van der Waals surface area contributed by atoms with Crippen molar-refractivity contribution in [1.29, 1.82) is 10.5 Å². The highest BCUT2D eigenvalue weighted by Gasteiger charge is 2.24. The minimum Gasteiger partial charge on any atom is -0.417 e. The number of sulfonamides is 1. The molecule has 4 rings (SSSR count). The first-order valence-electron chi connectivity index (χ1n) is 9.69. The van der Waals surface area contributed by atoms with E-state index in [4.69, 9.17) is 8.60 Å². The third-order valence-electron chi connectivity index (χ3n) is 4.74. The Kier molecular flexibility index (Phi) is 6.01. The Morgan fingerprint density at radius 3 is 2.06 bits per heavy atom. The van der Waals surface area contributed by atoms with E-state index in [0.29, 0.717) is 0 Å². The topological polar surface area (TPSA) is 167 Å². The fraction of sp³-hybridized carbons (Fsp3) is 0. The minimum atomic E-state index is -4.47. The van der Waals surface area contributed by atoms with E-state index in [-0.39, 0.29) is 37.6 Å². The molecule has 0 aliphatic carbocycles. The molecule has 0 aliphatic rings. The Bertz CT molecular complexity index is 1830. The molecule has 0 radical (unpaired) electrons. The highest BCUT2D eigenvalue weighted by Crippen LogP contribution is 2.30. The average molecular weight is 508 g/mol. The van der Waals surface area contributed by atoms with Gasteiger partial charge in [-0.1, -0.05) is 36.4 Å². The van der Waals surface area contributed by atoms with Crippen molar-refractivity contribution in [3.8, 4) is 17.9 Å². The standard InChI is InChI=1S/C23H13N3O7S2/c24-13-16-6-1-3-10-20(16)34(28,29)26-18-12-15-8-5-9-19(22(15)32-23(18)27)33-35(30,31)21-11-4-2-7-17(21)14-25/h1-12,26H.